The van der Waals surface area contributed by atoms with Gasteiger partial charge in [0.25, 0.3) is 0 Å². The molecule has 0 saturated carbocycles. The topological polar surface area (TPSA) is 64.8 Å². The van der Waals surface area contributed by atoms with Gasteiger partial charge >= 0.3 is 0 Å². The van der Waals surface area contributed by atoms with Crippen LogP contribution in [0.3, 0.4) is 0 Å². The Hall–Kier alpha value is -2.08. The molecule has 3 aromatic heterocycles. The molecule has 0 spiro atoms. The number of rotatable bonds is 2. The molecule has 4 rings (SSSR count). The molecular formula is C18H22N4OS. The number of carbonyl (C=O) groups is 1. The number of nitrogens with one attached hydrogen (secondary N) is 2. The van der Waals surface area contributed by atoms with Gasteiger partial charge in [-0.15, -0.1) is 11.3 Å². The van der Waals surface area contributed by atoms with E-state index in [1.54, 1.807) is 30.2 Å². The Labute approximate surface area is 145 Å². The van der Waals surface area contributed by atoms with Gasteiger partial charge in [0, 0.05) is 25.2 Å². The Kier molecular flexibility index (Phi) is 3.35. The highest BCUT2D eigenvalue weighted by Gasteiger charge is 2.29. The van der Waals surface area contributed by atoms with Crippen LogP contribution in [0.1, 0.15) is 38.4 Å². The first-order valence-electron chi connectivity index (χ1n) is 8.27. The monoisotopic (exact) mass is 342 g/mol. The van der Waals surface area contributed by atoms with Crippen molar-refractivity contribution in [2.75, 3.05) is 11.9 Å². The minimum absolute atomic E-state index is 0.0445. The number of nitrogens with zero attached hydrogens (tertiary/aromatic N) is 2. The van der Waals surface area contributed by atoms with E-state index in [1.165, 1.54) is 17.7 Å². The first kappa shape index (κ1) is 15.4. The van der Waals surface area contributed by atoms with E-state index < -0.39 is 0 Å². The van der Waals surface area contributed by atoms with E-state index in [-0.39, 0.29) is 5.91 Å². The van der Waals surface area contributed by atoms with Crippen LogP contribution in [0.4, 0.5) is 5.00 Å². The first-order valence-corrected chi connectivity index (χ1v) is 9.09. The van der Waals surface area contributed by atoms with E-state index >= 15 is 0 Å². The third kappa shape index (κ3) is 2.45. The molecule has 0 aliphatic heterocycles. The number of H-pyrrole nitrogens is 2. The summed E-state index contributed by atoms with van der Waals surface area (Å²) in [6.45, 7) is 6.21. The van der Waals surface area contributed by atoms with Crippen molar-refractivity contribution in [3.05, 3.63) is 23.4 Å². The second-order valence-corrected chi connectivity index (χ2v) is 8.56. The van der Waals surface area contributed by atoms with Crippen molar-refractivity contribution in [1.82, 2.24) is 15.2 Å². The summed E-state index contributed by atoms with van der Waals surface area (Å²) in [5.74, 6) is 0.0445. The van der Waals surface area contributed by atoms with Gasteiger partial charge in [-0.25, -0.2) is 0 Å². The summed E-state index contributed by atoms with van der Waals surface area (Å²) in [5, 5.41) is 8.78. The van der Waals surface area contributed by atoms with E-state index in [0.29, 0.717) is 5.41 Å². The molecule has 0 saturated heterocycles. The highest BCUT2D eigenvalue weighted by atomic mass is 32.1. The van der Waals surface area contributed by atoms with Crippen LogP contribution in [-0.2, 0) is 17.6 Å². The zero-order chi connectivity index (χ0) is 17.1. The van der Waals surface area contributed by atoms with Crippen molar-refractivity contribution in [3.63, 3.8) is 0 Å². The summed E-state index contributed by atoms with van der Waals surface area (Å²) in [4.78, 5) is 16.7. The number of aromatic amines is 2. The smallest absolute Gasteiger partial charge is 0.224 e. The Morgan fingerprint density at radius 2 is 2.17 bits per heavy atom. The van der Waals surface area contributed by atoms with E-state index in [9.17, 15) is 4.79 Å². The van der Waals surface area contributed by atoms with E-state index in [0.717, 1.165) is 39.4 Å². The van der Waals surface area contributed by atoms with Crippen molar-refractivity contribution < 1.29 is 4.79 Å². The van der Waals surface area contributed by atoms with Crippen LogP contribution in [0.15, 0.2) is 12.1 Å². The molecule has 3 heterocycles. The Bertz CT molecular complexity index is 899. The SMILES string of the molecule is CC(=O)N(C)c1cc2[nH]c(-c3n[nH]c4c3CCC(C)(C)C4)cc2s1. The first-order chi connectivity index (χ1) is 11.3. The molecule has 3 aromatic rings. The van der Waals surface area contributed by atoms with Crippen LogP contribution in [0, 0.1) is 5.41 Å². The molecular weight excluding hydrogens is 320 g/mol. The third-order valence-electron chi connectivity index (χ3n) is 5.01. The molecule has 126 valence electrons. The molecule has 0 bridgehead atoms. The number of fused-ring (bicyclic) bond motifs is 2. The van der Waals surface area contributed by atoms with Gasteiger partial charge in [0.05, 0.1) is 20.9 Å². The van der Waals surface area contributed by atoms with Crippen molar-refractivity contribution in [2.45, 2.75) is 40.0 Å². The van der Waals surface area contributed by atoms with Gasteiger partial charge in [-0.3, -0.25) is 9.89 Å². The number of amides is 1. The summed E-state index contributed by atoms with van der Waals surface area (Å²) in [6.07, 6.45) is 3.31. The Balaban J connectivity index is 1.70. The average molecular weight is 342 g/mol. The lowest BCUT2D eigenvalue weighted by Gasteiger charge is -2.28. The van der Waals surface area contributed by atoms with Crippen molar-refractivity contribution in [2.24, 2.45) is 5.41 Å². The summed E-state index contributed by atoms with van der Waals surface area (Å²) >= 11 is 1.62. The molecule has 0 radical (unpaired) electrons. The quantitative estimate of drug-likeness (QED) is 0.736. The number of thiophene rings is 1. The molecule has 2 N–H and O–H groups in total. The fourth-order valence-electron chi connectivity index (χ4n) is 3.43. The normalized spacial score (nSPS) is 16.3. The fraction of sp³-hybridized carbons (Fsp3) is 0.444. The third-order valence-corrected chi connectivity index (χ3v) is 6.17. The van der Waals surface area contributed by atoms with Crippen molar-refractivity contribution in [1.29, 1.82) is 0 Å². The van der Waals surface area contributed by atoms with E-state index in [4.69, 9.17) is 0 Å². The van der Waals surface area contributed by atoms with Gasteiger partial charge in [-0.1, -0.05) is 13.8 Å². The van der Waals surface area contributed by atoms with Gasteiger partial charge in [0.1, 0.15) is 5.69 Å². The average Bonchev–Trinajstić information content (AvgIpc) is 3.16. The predicted octanol–water partition coefficient (Wildman–Crippen LogP) is 4.12. The Morgan fingerprint density at radius 1 is 1.38 bits per heavy atom. The van der Waals surface area contributed by atoms with Gasteiger partial charge in [-0.05, 0) is 36.8 Å². The molecule has 24 heavy (non-hydrogen) atoms. The van der Waals surface area contributed by atoms with Crippen LogP contribution in [0.25, 0.3) is 21.6 Å². The van der Waals surface area contributed by atoms with Crippen molar-refractivity contribution in [3.8, 4) is 11.4 Å². The number of hydrogen-bond donors (Lipinski definition) is 2. The highest BCUT2D eigenvalue weighted by molar-refractivity contribution is 7.23. The predicted molar refractivity (Wildman–Crippen MR) is 98.6 cm³/mol. The molecule has 0 unspecified atom stereocenters. The molecule has 0 fully saturated rings. The molecule has 0 aromatic carbocycles. The Morgan fingerprint density at radius 3 is 2.88 bits per heavy atom. The molecule has 0 atom stereocenters. The maximum absolute atomic E-state index is 11.5. The molecule has 1 amide bonds. The lowest BCUT2D eigenvalue weighted by molar-refractivity contribution is -0.116. The minimum atomic E-state index is 0.0445. The number of hydrogen-bond acceptors (Lipinski definition) is 3. The minimum Gasteiger partial charge on any atom is -0.352 e. The molecule has 1 aliphatic rings. The van der Waals surface area contributed by atoms with E-state index in [2.05, 4.69) is 35.1 Å². The van der Waals surface area contributed by atoms with Gasteiger partial charge < -0.3 is 9.88 Å². The summed E-state index contributed by atoms with van der Waals surface area (Å²) < 4.78 is 1.15. The molecule has 6 heteroatoms. The van der Waals surface area contributed by atoms with Crippen LogP contribution >= 0.6 is 11.3 Å². The second kappa shape index (κ2) is 5.21. The molecule has 1 aliphatic carbocycles. The zero-order valence-electron chi connectivity index (χ0n) is 14.5. The van der Waals surface area contributed by atoms with Gasteiger partial charge in [-0.2, -0.15) is 5.10 Å². The van der Waals surface area contributed by atoms with Crippen LogP contribution in [-0.4, -0.2) is 28.1 Å². The fourth-order valence-corrected chi connectivity index (χ4v) is 4.49. The number of carbonyl (C=O) groups excluding carboxylic acids is 1. The lowest BCUT2D eigenvalue weighted by atomic mass is 9.76. The van der Waals surface area contributed by atoms with Gasteiger partial charge in [0.15, 0.2) is 0 Å². The standard InChI is InChI=1S/C18H22N4OS/c1-10(23)22(4)16-8-12-15(24-16)7-13(19-12)17-11-5-6-18(2,3)9-14(11)20-21-17/h7-8,19H,5-6,9H2,1-4H3,(H,20,21). The summed E-state index contributed by atoms with van der Waals surface area (Å²) in [5.41, 5.74) is 6.14. The number of anilines is 1. The summed E-state index contributed by atoms with van der Waals surface area (Å²) in [6, 6.07) is 4.18. The maximum atomic E-state index is 11.5. The zero-order valence-corrected chi connectivity index (χ0v) is 15.3. The largest absolute Gasteiger partial charge is 0.352 e. The lowest BCUT2D eigenvalue weighted by Crippen LogP contribution is -2.21. The summed E-state index contributed by atoms with van der Waals surface area (Å²) in [7, 11) is 1.81. The maximum Gasteiger partial charge on any atom is 0.224 e. The highest BCUT2D eigenvalue weighted by Crippen LogP contribution is 2.40. The van der Waals surface area contributed by atoms with Crippen molar-refractivity contribution >= 4 is 32.5 Å². The number of aromatic nitrogens is 3. The second-order valence-electron chi connectivity index (χ2n) is 7.49. The van der Waals surface area contributed by atoms with Crippen LogP contribution in [0.2, 0.25) is 0 Å². The van der Waals surface area contributed by atoms with Gasteiger partial charge in [0.2, 0.25) is 5.91 Å². The van der Waals surface area contributed by atoms with E-state index in [1.807, 2.05) is 6.07 Å². The molecule has 5 nitrogen and oxygen atoms in total. The van der Waals surface area contributed by atoms with Crippen LogP contribution < -0.4 is 4.90 Å². The van der Waals surface area contributed by atoms with Crippen LogP contribution in [0.5, 0.6) is 0 Å².